The van der Waals surface area contributed by atoms with Gasteiger partial charge in [-0.1, -0.05) is 6.92 Å². The molecule has 2 amide bonds. The molecule has 0 aromatic heterocycles. The van der Waals surface area contributed by atoms with Crippen LogP contribution < -0.4 is 5.32 Å². The second-order valence-electron chi connectivity index (χ2n) is 6.93. The Labute approximate surface area is 134 Å². The van der Waals surface area contributed by atoms with E-state index in [2.05, 4.69) is 17.1 Å². The van der Waals surface area contributed by atoms with E-state index in [9.17, 15) is 9.59 Å². The molecule has 6 nitrogen and oxygen atoms in total. The number of likely N-dealkylation sites (tertiary alicyclic amines) is 1. The number of piperidine rings is 1. The standard InChI is InChI=1S/C16H31N3O3/c1-6-18(5)12-9-17-14(20)13-7-10-19(11-8-13)15(21)22-16(2,3)4/h13H,6-12H2,1-5H3,(H,17,20). The molecular formula is C16H31N3O3. The third-order valence-corrected chi connectivity index (χ3v) is 3.85. The lowest BCUT2D eigenvalue weighted by Gasteiger charge is -2.33. The van der Waals surface area contributed by atoms with Crippen LogP contribution in [0.5, 0.6) is 0 Å². The number of carbonyl (C=O) groups is 2. The van der Waals surface area contributed by atoms with Crippen molar-refractivity contribution in [2.45, 2.75) is 46.1 Å². The molecule has 1 heterocycles. The molecule has 0 spiro atoms. The van der Waals surface area contributed by atoms with Crippen molar-refractivity contribution < 1.29 is 14.3 Å². The quantitative estimate of drug-likeness (QED) is 0.839. The number of hydrogen-bond donors (Lipinski definition) is 1. The molecule has 0 unspecified atom stereocenters. The minimum Gasteiger partial charge on any atom is -0.444 e. The molecule has 1 fully saturated rings. The summed E-state index contributed by atoms with van der Waals surface area (Å²) in [5, 5.41) is 2.98. The molecule has 0 bridgehead atoms. The first kappa shape index (κ1) is 18.7. The summed E-state index contributed by atoms with van der Waals surface area (Å²) in [5.41, 5.74) is -0.476. The van der Waals surface area contributed by atoms with Gasteiger partial charge in [-0.25, -0.2) is 4.79 Å². The Balaban J connectivity index is 2.29. The average Bonchev–Trinajstić information content (AvgIpc) is 2.45. The smallest absolute Gasteiger partial charge is 0.410 e. The summed E-state index contributed by atoms with van der Waals surface area (Å²) in [6.07, 6.45) is 1.12. The number of nitrogens with zero attached hydrogens (tertiary/aromatic N) is 2. The second kappa shape index (κ2) is 8.36. The summed E-state index contributed by atoms with van der Waals surface area (Å²) in [5.74, 6) is 0.110. The number of amides is 2. The molecule has 6 heteroatoms. The highest BCUT2D eigenvalue weighted by molar-refractivity contribution is 5.79. The zero-order valence-electron chi connectivity index (χ0n) is 14.6. The predicted molar refractivity (Wildman–Crippen MR) is 86.7 cm³/mol. The summed E-state index contributed by atoms with van der Waals surface area (Å²) in [6, 6.07) is 0. The van der Waals surface area contributed by atoms with Gasteiger partial charge in [-0.3, -0.25) is 4.79 Å². The van der Waals surface area contributed by atoms with Gasteiger partial charge in [0.25, 0.3) is 0 Å². The molecule has 0 atom stereocenters. The van der Waals surface area contributed by atoms with Crippen LogP contribution in [-0.4, -0.2) is 67.2 Å². The van der Waals surface area contributed by atoms with Crippen LogP contribution >= 0.6 is 0 Å². The van der Waals surface area contributed by atoms with Gasteiger partial charge in [0, 0.05) is 32.1 Å². The first-order valence-corrected chi connectivity index (χ1v) is 8.17. The van der Waals surface area contributed by atoms with E-state index in [1.165, 1.54) is 0 Å². The van der Waals surface area contributed by atoms with Crippen LogP contribution in [0.3, 0.4) is 0 Å². The minimum atomic E-state index is -0.476. The van der Waals surface area contributed by atoms with Gasteiger partial charge in [0.2, 0.25) is 5.91 Å². The van der Waals surface area contributed by atoms with Crippen LogP contribution in [-0.2, 0) is 9.53 Å². The van der Waals surface area contributed by atoms with E-state index in [1.54, 1.807) is 4.90 Å². The number of rotatable bonds is 5. The molecule has 0 aromatic rings. The monoisotopic (exact) mass is 313 g/mol. The third-order valence-electron chi connectivity index (χ3n) is 3.85. The summed E-state index contributed by atoms with van der Waals surface area (Å²) in [7, 11) is 2.03. The molecule has 1 N–H and O–H groups in total. The SMILES string of the molecule is CCN(C)CCNC(=O)C1CCN(C(=O)OC(C)(C)C)CC1. The summed E-state index contributed by atoms with van der Waals surface area (Å²) >= 11 is 0. The number of nitrogens with one attached hydrogen (secondary N) is 1. The molecule has 1 rings (SSSR count). The molecule has 0 saturated carbocycles. The summed E-state index contributed by atoms with van der Waals surface area (Å²) < 4.78 is 5.36. The van der Waals surface area contributed by atoms with Gasteiger partial charge in [-0.2, -0.15) is 0 Å². The van der Waals surface area contributed by atoms with Gasteiger partial charge in [-0.15, -0.1) is 0 Å². The zero-order valence-corrected chi connectivity index (χ0v) is 14.6. The van der Waals surface area contributed by atoms with Crippen molar-refractivity contribution in [3.8, 4) is 0 Å². The van der Waals surface area contributed by atoms with E-state index in [-0.39, 0.29) is 17.9 Å². The maximum absolute atomic E-state index is 12.1. The first-order chi connectivity index (χ1) is 10.2. The highest BCUT2D eigenvalue weighted by Crippen LogP contribution is 2.19. The molecule has 22 heavy (non-hydrogen) atoms. The summed E-state index contributed by atoms with van der Waals surface area (Å²) in [6.45, 7) is 11.4. The van der Waals surface area contributed by atoms with Crippen molar-refractivity contribution >= 4 is 12.0 Å². The molecule has 0 radical (unpaired) electrons. The van der Waals surface area contributed by atoms with Crippen molar-refractivity contribution in [1.29, 1.82) is 0 Å². The van der Waals surface area contributed by atoms with Crippen LogP contribution in [0.1, 0.15) is 40.5 Å². The van der Waals surface area contributed by atoms with E-state index in [0.29, 0.717) is 32.5 Å². The van der Waals surface area contributed by atoms with Crippen molar-refractivity contribution in [1.82, 2.24) is 15.1 Å². The maximum atomic E-state index is 12.1. The molecule has 1 aliphatic heterocycles. The van der Waals surface area contributed by atoms with E-state index in [1.807, 2.05) is 27.8 Å². The van der Waals surface area contributed by atoms with Gasteiger partial charge in [0.1, 0.15) is 5.60 Å². The average molecular weight is 313 g/mol. The Morgan fingerprint density at radius 1 is 1.27 bits per heavy atom. The fourth-order valence-corrected chi connectivity index (χ4v) is 2.32. The fourth-order valence-electron chi connectivity index (χ4n) is 2.32. The Bertz CT molecular complexity index is 371. The zero-order chi connectivity index (χ0) is 16.8. The molecule has 0 aliphatic carbocycles. The molecule has 1 aliphatic rings. The van der Waals surface area contributed by atoms with Gasteiger partial charge in [0.05, 0.1) is 0 Å². The fraction of sp³-hybridized carbons (Fsp3) is 0.875. The first-order valence-electron chi connectivity index (χ1n) is 8.17. The molecule has 128 valence electrons. The lowest BCUT2D eigenvalue weighted by Crippen LogP contribution is -2.45. The molecular weight excluding hydrogens is 282 g/mol. The number of likely N-dealkylation sites (N-methyl/N-ethyl adjacent to an activating group) is 1. The van der Waals surface area contributed by atoms with Gasteiger partial charge < -0.3 is 19.9 Å². The number of ether oxygens (including phenoxy) is 1. The number of hydrogen-bond acceptors (Lipinski definition) is 4. The summed E-state index contributed by atoms with van der Waals surface area (Å²) in [4.78, 5) is 27.9. The van der Waals surface area contributed by atoms with E-state index in [4.69, 9.17) is 4.74 Å². The highest BCUT2D eigenvalue weighted by atomic mass is 16.6. The normalized spacial score (nSPS) is 16.7. The van der Waals surface area contributed by atoms with Gasteiger partial charge in [-0.05, 0) is 47.2 Å². The lowest BCUT2D eigenvalue weighted by molar-refractivity contribution is -0.126. The van der Waals surface area contributed by atoms with Crippen molar-refractivity contribution in [3.63, 3.8) is 0 Å². The molecule has 1 saturated heterocycles. The predicted octanol–water partition coefficient (Wildman–Crippen LogP) is 1.70. The van der Waals surface area contributed by atoms with Gasteiger partial charge >= 0.3 is 6.09 Å². The van der Waals surface area contributed by atoms with Crippen LogP contribution in [0.25, 0.3) is 0 Å². The van der Waals surface area contributed by atoms with Gasteiger partial charge in [0.15, 0.2) is 0 Å². The molecule has 0 aromatic carbocycles. The van der Waals surface area contributed by atoms with Crippen molar-refractivity contribution in [2.24, 2.45) is 5.92 Å². The Kier molecular flexibility index (Phi) is 7.13. The highest BCUT2D eigenvalue weighted by Gasteiger charge is 2.29. The Morgan fingerprint density at radius 3 is 2.36 bits per heavy atom. The number of carbonyl (C=O) groups excluding carboxylic acids is 2. The lowest BCUT2D eigenvalue weighted by atomic mass is 9.96. The maximum Gasteiger partial charge on any atom is 0.410 e. The van der Waals surface area contributed by atoms with E-state index < -0.39 is 5.60 Å². The minimum absolute atomic E-state index is 0.00520. The van der Waals surface area contributed by atoms with Crippen LogP contribution in [0, 0.1) is 5.92 Å². The van der Waals surface area contributed by atoms with E-state index >= 15 is 0 Å². The van der Waals surface area contributed by atoms with Crippen LogP contribution in [0.15, 0.2) is 0 Å². The Morgan fingerprint density at radius 2 is 1.86 bits per heavy atom. The third kappa shape index (κ3) is 6.64. The van der Waals surface area contributed by atoms with Crippen molar-refractivity contribution in [3.05, 3.63) is 0 Å². The van der Waals surface area contributed by atoms with Crippen molar-refractivity contribution in [2.75, 3.05) is 39.8 Å². The van der Waals surface area contributed by atoms with Crippen LogP contribution in [0.4, 0.5) is 4.79 Å². The Hall–Kier alpha value is -1.30. The topological polar surface area (TPSA) is 61.9 Å². The van der Waals surface area contributed by atoms with E-state index in [0.717, 1.165) is 13.1 Å². The second-order valence-corrected chi connectivity index (χ2v) is 6.93. The van der Waals surface area contributed by atoms with Crippen LogP contribution in [0.2, 0.25) is 0 Å². The largest absolute Gasteiger partial charge is 0.444 e.